The first kappa shape index (κ1) is 22.9. The van der Waals surface area contributed by atoms with Crippen LogP contribution in [-0.2, 0) is 12.8 Å². The number of carbonyl (C=O) groups excluding carboxylic acids is 1. The number of nitrogens with two attached hydrogens (primary N) is 1. The number of aromatic amines is 1. The summed E-state index contributed by atoms with van der Waals surface area (Å²) in [4.78, 5) is 24.6. The summed E-state index contributed by atoms with van der Waals surface area (Å²) < 4.78 is 38.2. The molecule has 31 heavy (non-hydrogen) atoms. The number of hydrogen-bond acceptors (Lipinski definition) is 6. The number of rotatable bonds is 6. The summed E-state index contributed by atoms with van der Waals surface area (Å²) in [6.45, 7) is 5.03. The molecule has 0 unspecified atom stereocenters. The number of aromatic nitrogens is 3. The van der Waals surface area contributed by atoms with Gasteiger partial charge in [0.05, 0.1) is 34.5 Å². The van der Waals surface area contributed by atoms with E-state index >= 15 is 0 Å². The second-order valence-electron chi connectivity index (χ2n) is 7.72. The number of amides is 1. The zero-order chi connectivity index (χ0) is 23.0. The second-order valence-corrected chi connectivity index (χ2v) is 8.87. The van der Waals surface area contributed by atoms with Gasteiger partial charge in [0, 0.05) is 17.9 Å². The predicted molar refractivity (Wildman–Crippen MR) is 110 cm³/mol. The van der Waals surface area contributed by atoms with E-state index in [-0.39, 0.29) is 18.0 Å². The molecule has 3 aromatic heterocycles. The van der Waals surface area contributed by atoms with Gasteiger partial charge in [-0.15, -0.1) is 11.3 Å². The average Bonchev–Trinajstić information content (AvgIpc) is 3.31. The number of hydrogen-bond donors (Lipinski definition) is 4. The van der Waals surface area contributed by atoms with Crippen LogP contribution in [-0.4, -0.2) is 31.5 Å². The van der Waals surface area contributed by atoms with Crippen molar-refractivity contribution in [2.75, 3.05) is 0 Å². The highest BCUT2D eigenvalue weighted by molar-refractivity contribution is 7.11. The zero-order valence-electron chi connectivity index (χ0n) is 17.0. The van der Waals surface area contributed by atoms with Crippen molar-refractivity contribution in [3.63, 3.8) is 0 Å². The molecule has 0 aliphatic rings. The molecule has 0 saturated heterocycles. The summed E-state index contributed by atoms with van der Waals surface area (Å²) in [5.41, 5.74) is 6.08. The van der Waals surface area contributed by atoms with Gasteiger partial charge >= 0.3 is 6.18 Å². The number of pyridine rings is 1. The summed E-state index contributed by atoms with van der Waals surface area (Å²) in [6.07, 6.45) is -2.20. The Bertz CT molecular complexity index is 1070. The number of aliphatic hydroxyl groups excluding tert-OH is 1. The fourth-order valence-corrected chi connectivity index (χ4v) is 3.98. The van der Waals surface area contributed by atoms with Crippen molar-refractivity contribution in [1.82, 2.24) is 20.3 Å². The molecule has 3 aromatic rings. The molecule has 0 saturated carbocycles. The second kappa shape index (κ2) is 8.40. The Labute approximate surface area is 180 Å². The molecule has 166 valence electrons. The summed E-state index contributed by atoms with van der Waals surface area (Å²) in [5, 5.41) is 12.7. The van der Waals surface area contributed by atoms with Crippen LogP contribution in [0.2, 0.25) is 0 Å². The van der Waals surface area contributed by atoms with E-state index in [4.69, 9.17) is 5.73 Å². The first-order valence-corrected chi connectivity index (χ1v) is 10.1. The van der Waals surface area contributed by atoms with E-state index < -0.39 is 29.2 Å². The van der Waals surface area contributed by atoms with E-state index in [1.54, 1.807) is 26.8 Å². The van der Waals surface area contributed by atoms with Crippen LogP contribution >= 0.6 is 11.3 Å². The Morgan fingerprint density at radius 3 is 2.52 bits per heavy atom. The number of halogens is 3. The topological polar surface area (TPSA) is 117 Å². The molecule has 1 amide bonds. The van der Waals surface area contributed by atoms with Crippen molar-refractivity contribution in [2.45, 2.75) is 45.1 Å². The van der Waals surface area contributed by atoms with Crippen molar-refractivity contribution in [3.05, 3.63) is 57.3 Å². The number of aliphatic hydroxyl groups is 1. The van der Waals surface area contributed by atoms with Gasteiger partial charge < -0.3 is 21.1 Å². The molecule has 0 spiro atoms. The van der Waals surface area contributed by atoms with Gasteiger partial charge in [0.2, 0.25) is 0 Å². The third kappa shape index (κ3) is 5.12. The average molecular weight is 453 g/mol. The van der Waals surface area contributed by atoms with Crippen LogP contribution in [0.5, 0.6) is 0 Å². The van der Waals surface area contributed by atoms with Crippen molar-refractivity contribution < 1.29 is 23.1 Å². The fraction of sp³-hybridized carbons (Fsp3) is 0.350. The lowest BCUT2D eigenvalue weighted by Crippen LogP contribution is -2.48. The van der Waals surface area contributed by atoms with Gasteiger partial charge in [0.25, 0.3) is 5.91 Å². The van der Waals surface area contributed by atoms with Gasteiger partial charge in [-0.05, 0) is 44.5 Å². The Morgan fingerprint density at radius 1 is 1.29 bits per heavy atom. The van der Waals surface area contributed by atoms with E-state index in [0.717, 1.165) is 12.3 Å². The molecule has 7 nitrogen and oxygen atoms in total. The first-order valence-electron chi connectivity index (χ1n) is 9.28. The number of H-pyrrole nitrogens is 1. The van der Waals surface area contributed by atoms with Gasteiger partial charge in [-0.3, -0.25) is 9.78 Å². The standard InChI is InChI=1S/C20H22F3N5O2S/c1-10-6-14(13-5-4-11(7-25-13)20(21,22)23)27-15(10)17(30)28-16(19(2,3)24)18-26-8-12(9-29)31-18/h4-8,16,27,29H,9,24H2,1-3H3,(H,28,30)/t16-/m1/s1. The number of alkyl halides is 3. The summed E-state index contributed by atoms with van der Waals surface area (Å²) >= 11 is 1.25. The highest BCUT2D eigenvalue weighted by atomic mass is 32.1. The molecule has 3 rings (SSSR count). The molecule has 0 aliphatic carbocycles. The molecule has 0 fully saturated rings. The van der Waals surface area contributed by atoms with Crippen molar-refractivity contribution in [3.8, 4) is 11.4 Å². The molecular weight excluding hydrogens is 431 g/mol. The minimum absolute atomic E-state index is 0.164. The van der Waals surface area contributed by atoms with Crippen LogP contribution in [0.15, 0.2) is 30.6 Å². The van der Waals surface area contributed by atoms with E-state index in [0.29, 0.717) is 21.1 Å². The molecular formula is C20H22F3N5O2S. The van der Waals surface area contributed by atoms with Gasteiger partial charge in [-0.25, -0.2) is 4.98 Å². The summed E-state index contributed by atoms with van der Waals surface area (Å²) in [5.74, 6) is -0.445. The van der Waals surface area contributed by atoms with E-state index in [2.05, 4.69) is 20.3 Å². The SMILES string of the molecule is Cc1cc(-c2ccc(C(F)(F)F)cn2)[nH]c1C(=O)N[C@H](c1ncc(CO)s1)C(C)(C)N. The molecule has 0 aliphatic heterocycles. The molecule has 1 atom stereocenters. The number of carbonyl (C=O) groups is 1. The van der Waals surface area contributed by atoms with Crippen molar-refractivity contribution in [2.24, 2.45) is 5.73 Å². The molecule has 11 heteroatoms. The van der Waals surface area contributed by atoms with Crippen molar-refractivity contribution >= 4 is 17.2 Å². The van der Waals surface area contributed by atoms with Crippen LogP contribution in [0.1, 0.15) is 51.4 Å². The zero-order valence-corrected chi connectivity index (χ0v) is 17.9. The summed E-state index contributed by atoms with van der Waals surface area (Å²) in [6, 6.07) is 3.20. The minimum atomic E-state index is -4.47. The lowest BCUT2D eigenvalue weighted by molar-refractivity contribution is -0.137. The Hall–Kier alpha value is -2.76. The quantitative estimate of drug-likeness (QED) is 0.455. The lowest BCUT2D eigenvalue weighted by atomic mass is 9.96. The highest BCUT2D eigenvalue weighted by Crippen LogP contribution is 2.31. The van der Waals surface area contributed by atoms with Gasteiger partial charge in [-0.2, -0.15) is 13.2 Å². The van der Waals surface area contributed by atoms with Crippen molar-refractivity contribution in [1.29, 1.82) is 0 Å². The van der Waals surface area contributed by atoms with Gasteiger partial charge in [-0.1, -0.05) is 0 Å². The van der Waals surface area contributed by atoms with Gasteiger partial charge in [0.15, 0.2) is 0 Å². The number of thiazole rings is 1. The number of nitrogens with zero attached hydrogens (tertiary/aromatic N) is 2. The highest BCUT2D eigenvalue weighted by Gasteiger charge is 2.33. The maximum atomic E-state index is 13.0. The maximum Gasteiger partial charge on any atom is 0.417 e. The predicted octanol–water partition coefficient (Wildman–Crippen LogP) is 3.56. The van der Waals surface area contributed by atoms with Crippen LogP contribution < -0.4 is 11.1 Å². The minimum Gasteiger partial charge on any atom is -0.391 e. The number of nitrogens with one attached hydrogen (secondary N) is 2. The van der Waals surface area contributed by atoms with Crippen LogP contribution in [0.25, 0.3) is 11.4 Å². The van der Waals surface area contributed by atoms with Crippen LogP contribution in [0.3, 0.4) is 0 Å². The Kier molecular flexibility index (Phi) is 6.21. The number of aryl methyl sites for hydroxylation is 1. The largest absolute Gasteiger partial charge is 0.417 e. The maximum absolute atomic E-state index is 13.0. The van der Waals surface area contributed by atoms with E-state index in [1.165, 1.54) is 23.6 Å². The monoisotopic (exact) mass is 453 g/mol. The van der Waals surface area contributed by atoms with Gasteiger partial charge in [0.1, 0.15) is 10.7 Å². The normalized spacial score (nSPS) is 13.3. The molecule has 0 bridgehead atoms. The Morgan fingerprint density at radius 2 is 2.00 bits per heavy atom. The van der Waals surface area contributed by atoms with E-state index in [1.807, 2.05) is 0 Å². The third-order valence-electron chi connectivity index (χ3n) is 4.60. The molecule has 0 aromatic carbocycles. The van der Waals surface area contributed by atoms with Crippen LogP contribution in [0.4, 0.5) is 13.2 Å². The molecule has 3 heterocycles. The smallest absolute Gasteiger partial charge is 0.391 e. The Balaban J connectivity index is 1.85. The molecule has 0 radical (unpaired) electrons. The lowest BCUT2D eigenvalue weighted by Gasteiger charge is -2.29. The fourth-order valence-electron chi connectivity index (χ4n) is 2.95. The molecule has 5 N–H and O–H groups in total. The first-order chi connectivity index (χ1) is 14.4. The van der Waals surface area contributed by atoms with E-state index in [9.17, 15) is 23.1 Å². The summed E-state index contributed by atoms with van der Waals surface area (Å²) in [7, 11) is 0. The van der Waals surface area contributed by atoms with Crippen LogP contribution in [0, 0.1) is 6.92 Å². The third-order valence-corrected chi connectivity index (χ3v) is 5.65.